The summed E-state index contributed by atoms with van der Waals surface area (Å²) in [5, 5.41) is 5.39. The highest BCUT2D eigenvalue weighted by Gasteiger charge is 2.54. The Morgan fingerprint density at radius 2 is 0.667 bits per heavy atom. The molecule has 0 saturated heterocycles. The monoisotopic (exact) mass is 668 g/mol. The fourth-order valence-electron chi connectivity index (χ4n) is 8.19. The molecule has 1 spiro atoms. The molecule has 0 unspecified atom stereocenters. The van der Waals surface area contributed by atoms with Gasteiger partial charge in [-0.1, -0.05) is 152 Å². The Kier molecular flexibility index (Phi) is 6.79. The number of para-hydroxylation sites is 5. The van der Waals surface area contributed by atoms with Gasteiger partial charge >= 0.3 is 0 Å². The fourth-order valence-corrected chi connectivity index (χ4v) is 13.6. The molecule has 5 heteroatoms. The normalized spacial score (nSPS) is 13.6. The average molecular weight is 669 g/mol. The van der Waals surface area contributed by atoms with Gasteiger partial charge in [-0.3, -0.25) is 4.90 Å². The van der Waals surface area contributed by atoms with Gasteiger partial charge in [0, 0.05) is 39.6 Å². The van der Waals surface area contributed by atoms with Crippen molar-refractivity contribution in [1.29, 1.82) is 0 Å². The average Bonchev–Trinajstić information content (AvgIpc) is 3.21. The summed E-state index contributed by atoms with van der Waals surface area (Å²) in [6.45, 7) is 0. The molecule has 7 aromatic carbocycles. The maximum absolute atomic E-state index is 5.35. The summed E-state index contributed by atoms with van der Waals surface area (Å²) in [7, 11) is -2.90. The van der Waals surface area contributed by atoms with Gasteiger partial charge in [0.1, 0.15) is 0 Å². The molecule has 3 heterocycles. The zero-order chi connectivity index (χ0) is 33.8. The molecule has 0 bridgehead atoms. The quantitative estimate of drug-likeness (QED) is 0.176. The molecular formula is C46H32N4Si. The minimum absolute atomic E-state index is 0.655. The molecule has 0 N–H and O–H groups in total. The van der Waals surface area contributed by atoms with E-state index in [4.69, 9.17) is 9.97 Å². The van der Waals surface area contributed by atoms with Gasteiger partial charge in [-0.25, -0.2) is 9.97 Å². The molecule has 0 radical (unpaired) electrons. The van der Waals surface area contributed by atoms with E-state index in [1.165, 1.54) is 32.1 Å². The van der Waals surface area contributed by atoms with E-state index in [1.807, 2.05) is 12.1 Å². The Morgan fingerprint density at radius 1 is 0.333 bits per heavy atom. The Hall–Kier alpha value is -6.56. The first-order valence-electron chi connectivity index (χ1n) is 17.4. The van der Waals surface area contributed by atoms with Crippen molar-refractivity contribution in [2.45, 2.75) is 0 Å². The van der Waals surface area contributed by atoms with Gasteiger partial charge in [-0.15, -0.1) is 0 Å². The van der Waals surface area contributed by atoms with Crippen molar-refractivity contribution in [2.24, 2.45) is 0 Å². The van der Waals surface area contributed by atoms with Crippen LogP contribution in [0.4, 0.5) is 34.4 Å². The molecule has 0 aliphatic carbocycles. The predicted octanol–water partition coefficient (Wildman–Crippen LogP) is 8.75. The smallest absolute Gasteiger partial charge is 0.235 e. The summed E-state index contributed by atoms with van der Waals surface area (Å²) in [4.78, 5) is 15.4. The van der Waals surface area contributed by atoms with Crippen LogP contribution in [0.5, 0.6) is 0 Å². The van der Waals surface area contributed by atoms with Gasteiger partial charge in [-0.05, 0) is 63.2 Å². The minimum Gasteiger partial charge on any atom is -0.311 e. The van der Waals surface area contributed by atoms with Gasteiger partial charge in [-0.2, -0.15) is 0 Å². The second-order valence-corrected chi connectivity index (χ2v) is 16.7. The zero-order valence-electron chi connectivity index (χ0n) is 27.8. The number of nitrogens with zero attached hydrogens (tertiary/aromatic N) is 4. The first-order chi connectivity index (χ1) is 25.3. The van der Waals surface area contributed by atoms with Crippen molar-refractivity contribution in [3.63, 3.8) is 0 Å². The van der Waals surface area contributed by atoms with Crippen LogP contribution in [0.25, 0.3) is 22.5 Å². The molecule has 0 fully saturated rings. The lowest BCUT2D eigenvalue weighted by molar-refractivity contribution is 1.09. The van der Waals surface area contributed by atoms with Crippen molar-refractivity contribution in [3.8, 4) is 22.5 Å². The van der Waals surface area contributed by atoms with Crippen LogP contribution < -0.4 is 30.5 Å². The lowest BCUT2D eigenvalue weighted by Gasteiger charge is -2.49. The maximum Gasteiger partial charge on any atom is 0.235 e. The highest BCUT2D eigenvalue weighted by molar-refractivity contribution is 7.23. The van der Waals surface area contributed by atoms with Gasteiger partial charge in [0.25, 0.3) is 0 Å². The molecule has 0 saturated carbocycles. The van der Waals surface area contributed by atoms with Crippen LogP contribution in [0, 0.1) is 0 Å². The Labute approximate surface area is 298 Å². The van der Waals surface area contributed by atoms with E-state index in [9.17, 15) is 0 Å². The summed E-state index contributed by atoms with van der Waals surface area (Å²) in [5.41, 5.74) is 9.71. The first kappa shape index (κ1) is 29.4. The van der Waals surface area contributed by atoms with E-state index in [2.05, 4.69) is 192 Å². The number of hydrogen-bond donors (Lipinski definition) is 0. The fraction of sp³-hybridized carbons (Fsp3) is 0. The minimum atomic E-state index is -2.90. The van der Waals surface area contributed by atoms with Crippen LogP contribution in [0.3, 0.4) is 0 Å². The van der Waals surface area contributed by atoms with Crippen molar-refractivity contribution in [3.05, 3.63) is 194 Å². The van der Waals surface area contributed by atoms with Gasteiger partial charge < -0.3 is 4.90 Å². The summed E-state index contributed by atoms with van der Waals surface area (Å²) >= 11 is 0. The summed E-state index contributed by atoms with van der Waals surface area (Å²) < 4.78 is 0. The number of benzene rings is 7. The SMILES string of the molecule is c1ccc(-c2cc(-c3ccccc3)nc(N3c4ccccc4[Si]4(c5ccccc5N(c5ccccc5)c5ccccc54)c4ccccc43)n2)cc1. The number of fused-ring (bicyclic) bond motifs is 8. The van der Waals surface area contributed by atoms with E-state index in [1.54, 1.807) is 0 Å². The van der Waals surface area contributed by atoms with E-state index in [0.717, 1.165) is 39.6 Å². The second-order valence-electron chi connectivity index (χ2n) is 13.0. The van der Waals surface area contributed by atoms with Crippen LogP contribution in [-0.2, 0) is 0 Å². The lowest BCUT2D eigenvalue weighted by atomic mass is 10.1. The molecule has 4 nitrogen and oxygen atoms in total. The molecule has 2 aliphatic heterocycles. The highest BCUT2D eigenvalue weighted by Crippen LogP contribution is 2.43. The Balaban J connectivity index is 1.28. The van der Waals surface area contributed by atoms with Crippen LogP contribution in [0.15, 0.2) is 194 Å². The summed E-state index contributed by atoms with van der Waals surface area (Å²) in [6.07, 6.45) is 0. The van der Waals surface area contributed by atoms with Crippen molar-refractivity contribution < 1.29 is 0 Å². The van der Waals surface area contributed by atoms with E-state index >= 15 is 0 Å². The molecule has 0 atom stereocenters. The number of aromatic nitrogens is 2. The van der Waals surface area contributed by atoms with E-state index in [0.29, 0.717) is 5.95 Å². The van der Waals surface area contributed by atoms with E-state index < -0.39 is 8.07 Å². The van der Waals surface area contributed by atoms with Crippen LogP contribution in [0.1, 0.15) is 0 Å². The molecule has 1 aromatic heterocycles. The maximum atomic E-state index is 5.35. The highest BCUT2D eigenvalue weighted by atomic mass is 28.3. The Bertz CT molecular complexity index is 2400. The summed E-state index contributed by atoms with van der Waals surface area (Å²) in [6, 6.07) is 69.7. The first-order valence-corrected chi connectivity index (χ1v) is 19.4. The number of rotatable bonds is 4. The topological polar surface area (TPSA) is 32.3 Å². The van der Waals surface area contributed by atoms with Gasteiger partial charge in [0.15, 0.2) is 8.07 Å². The third-order valence-electron chi connectivity index (χ3n) is 10.3. The van der Waals surface area contributed by atoms with Crippen molar-refractivity contribution in [1.82, 2.24) is 9.97 Å². The van der Waals surface area contributed by atoms with Gasteiger partial charge in [0.2, 0.25) is 5.95 Å². The third-order valence-corrected chi connectivity index (χ3v) is 15.2. The van der Waals surface area contributed by atoms with Crippen molar-refractivity contribution >= 4 is 63.2 Å². The molecule has 10 rings (SSSR count). The summed E-state index contributed by atoms with van der Waals surface area (Å²) in [5.74, 6) is 0.655. The van der Waals surface area contributed by atoms with Crippen LogP contribution in [-0.4, -0.2) is 18.0 Å². The number of hydrogen-bond acceptors (Lipinski definition) is 4. The second kappa shape index (κ2) is 11.8. The largest absolute Gasteiger partial charge is 0.311 e. The molecule has 51 heavy (non-hydrogen) atoms. The number of anilines is 6. The molecule has 2 aliphatic rings. The van der Waals surface area contributed by atoms with Crippen LogP contribution >= 0.6 is 0 Å². The zero-order valence-corrected chi connectivity index (χ0v) is 28.8. The molecule has 240 valence electrons. The predicted molar refractivity (Wildman–Crippen MR) is 213 cm³/mol. The van der Waals surface area contributed by atoms with Crippen LogP contribution in [0.2, 0.25) is 0 Å². The third kappa shape index (κ3) is 4.45. The molecule has 0 amide bonds. The molecule has 8 aromatic rings. The lowest BCUT2D eigenvalue weighted by Crippen LogP contribution is -2.79. The van der Waals surface area contributed by atoms with E-state index in [-0.39, 0.29) is 0 Å². The van der Waals surface area contributed by atoms with Gasteiger partial charge in [0.05, 0.1) is 11.4 Å². The molecular weight excluding hydrogens is 637 g/mol. The Morgan fingerprint density at radius 3 is 1.08 bits per heavy atom. The van der Waals surface area contributed by atoms with Crippen molar-refractivity contribution in [2.75, 3.05) is 9.80 Å². The standard InChI is InChI=1S/C46H32N4Si/c1-4-18-33(19-5-1)36-32-37(34-20-6-2-7-21-34)48-46(47-36)50-40-26-12-16-30-44(40)51(45-31-17-13-27-41(45)50)42-28-14-10-24-38(42)49(35-22-8-3-9-23-35)39-25-11-15-29-43(39)51/h1-32H.